The molecule has 0 aliphatic heterocycles. The van der Waals surface area contributed by atoms with Crippen LogP contribution in [0.3, 0.4) is 0 Å². The van der Waals surface area contributed by atoms with Crippen molar-refractivity contribution in [3.63, 3.8) is 0 Å². The molecule has 1 atom stereocenters. The molecule has 0 amide bonds. The molecule has 2 heteroatoms. The highest BCUT2D eigenvalue weighted by Gasteiger charge is 2.25. The van der Waals surface area contributed by atoms with Crippen molar-refractivity contribution in [2.24, 2.45) is 0 Å². The van der Waals surface area contributed by atoms with Gasteiger partial charge in [0, 0.05) is 36.4 Å². The van der Waals surface area contributed by atoms with Crippen LogP contribution in [0, 0.1) is 0 Å². The summed E-state index contributed by atoms with van der Waals surface area (Å²) in [4.78, 5) is 4.73. The fourth-order valence-corrected chi connectivity index (χ4v) is 7.87. The summed E-state index contributed by atoms with van der Waals surface area (Å²) in [6.07, 6.45) is 4.11. The van der Waals surface area contributed by atoms with E-state index in [1.54, 1.807) is 0 Å². The summed E-state index contributed by atoms with van der Waals surface area (Å²) >= 11 is 0. The van der Waals surface area contributed by atoms with E-state index in [-0.39, 0.29) is 6.04 Å². The summed E-state index contributed by atoms with van der Waals surface area (Å²) in [6, 6.07) is 65.6. The van der Waals surface area contributed by atoms with Gasteiger partial charge in [-0.05, 0) is 86.3 Å². The Morgan fingerprint density at radius 3 is 1.50 bits per heavy atom. The zero-order chi connectivity index (χ0) is 37.0. The van der Waals surface area contributed by atoms with Crippen LogP contribution in [-0.4, -0.2) is 20.1 Å². The second-order valence-corrected chi connectivity index (χ2v) is 13.9. The zero-order valence-corrected chi connectivity index (χ0v) is 31.2. The first kappa shape index (κ1) is 34.4. The van der Waals surface area contributed by atoms with Gasteiger partial charge in [-0.15, -0.1) is 0 Å². The maximum absolute atomic E-state index is 4.19. The molecule has 262 valence electrons. The highest BCUT2D eigenvalue weighted by atomic mass is 15.1. The van der Waals surface area contributed by atoms with Crippen molar-refractivity contribution in [3.8, 4) is 33.4 Å². The van der Waals surface area contributed by atoms with Crippen molar-refractivity contribution in [3.05, 3.63) is 206 Å². The van der Waals surface area contributed by atoms with Crippen LogP contribution in [0.2, 0.25) is 0 Å². The van der Waals surface area contributed by atoms with Gasteiger partial charge in [0.2, 0.25) is 0 Å². The van der Waals surface area contributed by atoms with E-state index in [1.165, 1.54) is 71.7 Å². The molecule has 0 saturated carbocycles. The Labute approximate surface area is 319 Å². The minimum Gasteiger partial charge on any atom is -0.368 e. The number of anilines is 3. The first-order valence-corrected chi connectivity index (χ1v) is 18.7. The summed E-state index contributed by atoms with van der Waals surface area (Å²) in [5, 5.41) is 4.92. The lowest BCUT2D eigenvalue weighted by Crippen LogP contribution is -2.30. The molecule has 54 heavy (non-hydrogen) atoms. The van der Waals surface area contributed by atoms with Crippen molar-refractivity contribution in [2.45, 2.75) is 13.0 Å². The number of fused-ring (bicyclic) bond motifs is 3. The molecule has 8 rings (SSSR count). The van der Waals surface area contributed by atoms with Gasteiger partial charge in [0.05, 0.1) is 11.7 Å². The number of benzene rings is 8. The molecule has 0 spiro atoms. The molecule has 0 saturated heterocycles. The van der Waals surface area contributed by atoms with Crippen molar-refractivity contribution in [1.82, 2.24) is 0 Å². The molecular formula is C52H44N2. The monoisotopic (exact) mass is 696 g/mol. The van der Waals surface area contributed by atoms with Crippen LogP contribution < -0.4 is 9.80 Å². The number of rotatable bonds is 10. The maximum atomic E-state index is 4.19. The van der Waals surface area contributed by atoms with E-state index in [1.807, 2.05) is 6.08 Å². The van der Waals surface area contributed by atoms with E-state index in [4.69, 9.17) is 0 Å². The summed E-state index contributed by atoms with van der Waals surface area (Å²) in [5.41, 5.74) is 13.1. The Bertz CT molecular complexity index is 2580. The molecule has 1 unspecified atom stereocenters. The molecule has 0 fully saturated rings. The highest BCUT2D eigenvalue weighted by Crippen LogP contribution is 2.48. The molecule has 0 aromatic heterocycles. The summed E-state index contributed by atoms with van der Waals surface area (Å²) in [5.74, 6) is 0. The molecule has 0 radical (unpaired) electrons. The number of likely N-dealkylation sites (N-methyl/N-ethyl adjacent to an activating group) is 1. The fraction of sp³-hybridized carbons (Fsp3) is 0.0769. The van der Waals surface area contributed by atoms with E-state index in [9.17, 15) is 0 Å². The fourth-order valence-electron chi connectivity index (χ4n) is 7.87. The normalized spacial score (nSPS) is 12.1. The largest absolute Gasteiger partial charge is 0.368 e. The Morgan fingerprint density at radius 2 is 0.926 bits per heavy atom. The minimum atomic E-state index is 0.0464. The van der Waals surface area contributed by atoms with E-state index < -0.39 is 0 Å². The van der Waals surface area contributed by atoms with Crippen LogP contribution >= 0.6 is 0 Å². The van der Waals surface area contributed by atoms with Crippen molar-refractivity contribution >= 4 is 44.2 Å². The van der Waals surface area contributed by atoms with Crippen molar-refractivity contribution < 1.29 is 0 Å². The third-order valence-corrected chi connectivity index (χ3v) is 10.8. The second kappa shape index (κ2) is 15.1. The van der Waals surface area contributed by atoms with Gasteiger partial charge >= 0.3 is 0 Å². The molecule has 0 bridgehead atoms. The Kier molecular flexibility index (Phi) is 9.66. The highest BCUT2D eigenvalue weighted by molar-refractivity contribution is 6.22. The lowest BCUT2D eigenvalue weighted by atomic mass is 9.85. The quantitative estimate of drug-likeness (QED) is 0.104. The minimum absolute atomic E-state index is 0.0464. The maximum Gasteiger partial charge on any atom is 0.0574 e. The number of hydrogen-bond donors (Lipinski definition) is 0. The zero-order valence-electron chi connectivity index (χ0n) is 31.2. The van der Waals surface area contributed by atoms with Crippen LogP contribution in [0.25, 0.3) is 60.5 Å². The van der Waals surface area contributed by atoms with Gasteiger partial charge in [-0.2, -0.15) is 0 Å². The van der Waals surface area contributed by atoms with E-state index in [0.717, 1.165) is 11.4 Å². The number of hydrogen-bond acceptors (Lipinski definition) is 2. The third kappa shape index (κ3) is 6.48. The second-order valence-electron chi connectivity index (χ2n) is 13.9. The molecule has 0 aliphatic carbocycles. The molecule has 0 N–H and O–H groups in total. The first-order chi connectivity index (χ1) is 26.5. The number of allylic oxidation sites excluding steroid dienone is 2. The van der Waals surface area contributed by atoms with Gasteiger partial charge in [0.1, 0.15) is 0 Å². The topological polar surface area (TPSA) is 6.48 Å². The smallest absolute Gasteiger partial charge is 0.0574 e. The lowest BCUT2D eigenvalue weighted by molar-refractivity contribution is 0.840. The Morgan fingerprint density at radius 1 is 0.481 bits per heavy atom. The SMILES string of the molecule is C=C/C=C(/c1ccccc1-c1c(N(C)c2ccc(-c3ccccc3)cc2)c2ccccc2c2ccccc12)C(C)N(C)c1ccc(-c2ccccc2)cc1. The van der Waals surface area contributed by atoms with Gasteiger partial charge in [-0.3, -0.25) is 0 Å². The Balaban J connectivity index is 1.27. The summed E-state index contributed by atoms with van der Waals surface area (Å²) < 4.78 is 0. The third-order valence-electron chi connectivity index (χ3n) is 10.8. The van der Waals surface area contributed by atoms with Crippen LogP contribution in [0.1, 0.15) is 12.5 Å². The standard InChI is InChI=1S/C52H44N2/c1-5-18-44(37(2)53(3)42-33-29-40(30-34-42)38-19-8-6-9-20-38)45-23-12-15-26-48(45)51-49-27-16-13-24-46(49)47-25-14-17-28-50(47)52(51)54(4)43-35-31-41(32-36-43)39-21-10-7-11-22-39/h5-37H,1H2,2-4H3/b44-18+. The molecule has 8 aromatic carbocycles. The van der Waals surface area contributed by atoms with Gasteiger partial charge in [-0.25, -0.2) is 0 Å². The molecular weight excluding hydrogens is 653 g/mol. The van der Waals surface area contributed by atoms with Gasteiger partial charge in [0.25, 0.3) is 0 Å². The van der Waals surface area contributed by atoms with E-state index in [0.29, 0.717) is 0 Å². The molecule has 8 aromatic rings. The lowest BCUT2D eigenvalue weighted by Gasteiger charge is -2.32. The van der Waals surface area contributed by atoms with Crippen LogP contribution in [0.4, 0.5) is 17.1 Å². The van der Waals surface area contributed by atoms with Crippen molar-refractivity contribution in [2.75, 3.05) is 23.9 Å². The molecule has 0 heterocycles. The average Bonchev–Trinajstić information content (AvgIpc) is 3.25. The predicted octanol–water partition coefficient (Wildman–Crippen LogP) is 13.9. The average molecular weight is 697 g/mol. The van der Waals surface area contributed by atoms with E-state index >= 15 is 0 Å². The van der Waals surface area contributed by atoms with Gasteiger partial charge in [-0.1, -0.05) is 176 Å². The van der Waals surface area contributed by atoms with Crippen LogP contribution in [0.15, 0.2) is 201 Å². The predicted molar refractivity (Wildman–Crippen MR) is 235 cm³/mol. The summed E-state index contributed by atoms with van der Waals surface area (Å²) in [6.45, 7) is 6.48. The first-order valence-electron chi connectivity index (χ1n) is 18.7. The summed E-state index contributed by atoms with van der Waals surface area (Å²) in [7, 11) is 4.39. The Hall–Kier alpha value is -6.64. The van der Waals surface area contributed by atoms with Crippen molar-refractivity contribution in [1.29, 1.82) is 0 Å². The molecule has 2 nitrogen and oxygen atoms in total. The van der Waals surface area contributed by atoms with E-state index in [2.05, 4.69) is 225 Å². The van der Waals surface area contributed by atoms with Crippen LogP contribution in [0.5, 0.6) is 0 Å². The molecule has 0 aliphatic rings. The van der Waals surface area contributed by atoms with Crippen LogP contribution in [-0.2, 0) is 0 Å². The van der Waals surface area contributed by atoms with Gasteiger partial charge in [0.15, 0.2) is 0 Å². The van der Waals surface area contributed by atoms with Gasteiger partial charge < -0.3 is 9.80 Å². The number of nitrogens with zero attached hydrogens (tertiary/aromatic N) is 2.